The molecule has 2 heterocycles. The lowest BCUT2D eigenvalue weighted by molar-refractivity contribution is -0.142. The highest BCUT2D eigenvalue weighted by Crippen LogP contribution is 2.32. The van der Waals surface area contributed by atoms with E-state index in [2.05, 4.69) is 21.7 Å². The van der Waals surface area contributed by atoms with Gasteiger partial charge in [-0.15, -0.1) is 0 Å². The normalized spacial score (nSPS) is 32.3. The van der Waals surface area contributed by atoms with Crippen molar-refractivity contribution in [1.82, 2.24) is 19.7 Å². The summed E-state index contributed by atoms with van der Waals surface area (Å²) in [5.41, 5.74) is 0. The smallest absolute Gasteiger partial charge is 0.225 e. The van der Waals surface area contributed by atoms with E-state index < -0.39 is 0 Å². The van der Waals surface area contributed by atoms with Gasteiger partial charge in [-0.25, -0.2) is 5.01 Å². The van der Waals surface area contributed by atoms with E-state index in [-0.39, 0.29) is 5.92 Å². The Morgan fingerprint density at radius 3 is 2.18 bits per heavy atom. The van der Waals surface area contributed by atoms with Crippen LogP contribution in [0.3, 0.4) is 0 Å². The molecule has 6 heteroatoms. The van der Waals surface area contributed by atoms with Gasteiger partial charge in [0.1, 0.15) is 0 Å². The van der Waals surface area contributed by atoms with Gasteiger partial charge >= 0.3 is 0 Å². The van der Waals surface area contributed by atoms with Crippen LogP contribution in [-0.2, 0) is 4.79 Å². The summed E-state index contributed by atoms with van der Waals surface area (Å²) in [6, 6.07) is 1.13. The van der Waals surface area contributed by atoms with Gasteiger partial charge in [0.05, 0.1) is 0 Å². The molecule has 3 fully saturated rings. The third kappa shape index (κ3) is 3.45. The fourth-order valence-corrected chi connectivity index (χ4v) is 4.05. The molecule has 0 radical (unpaired) electrons. The SMILES string of the molecule is CN1CCC(N2CCN(C(=O)[C@H]3C[C@@H](N(C)N)C3)CC2)CC1. The van der Waals surface area contributed by atoms with Gasteiger partial charge in [-0.2, -0.15) is 0 Å². The molecule has 22 heavy (non-hydrogen) atoms. The fourth-order valence-electron chi connectivity index (χ4n) is 4.05. The molecule has 0 unspecified atom stereocenters. The minimum absolute atomic E-state index is 0.214. The highest BCUT2D eigenvalue weighted by atomic mass is 16.2. The number of amides is 1. The van der Waals surface area contributed by atoms with Crippen molar-refractivity contribution in [3.8, 4) is 0 Å². The van der Waals surface area contributed by atoms with E-state index in [1.54, 1.807) is 5.01 Å². The number of piperidine rings is 1. The summed E-state index contributed by atoms with van der Waals surface area (Å²) in [7, 11) is 4.10. The van der Waals surface area contributed by atoms with E-state index in [9.17, 15) is 4.79 Å². The quantitative estimate of drug-likeness (QED) is 0.578. The molecule has 6 nitrogen and oxygen atoms in total. The Hall–Kier alpha value is -0.690. The Balaban J connectivity index is 1.41. The molecule has 1 saturated carbocycles. The maximum atomic E-state index is 12.5. The minimum atomic E-state index is 0.214. The summed E-state index contributed by atoms with van der Waals surface area (Å²) < 4.78 is 0. The van der Waals surface area contributed by atoms with Crippen LogP contribution in [0, 0.1) is 5.92 Å². The summed E-state index contributed by atoms with van der Waals surface area (Å²) in [6.45, 7) is 6.33. The average Bonchev–Trinajstić information content (AvgIpc) is 2.46. The van der Waals surface area contributed by atoms with Crippen molar-refractivity contribution in [3.63, 3.8) is 0 Å². The maximum Gasteiger partial charge on any atom is 0.225 e. The summed E-state index contributed by atoms with van der Waals surface area (Å²) in [5, 5.41) is 1.75. The number of carbonyl (C=O) groups excluding carboxylic acids is 1. The topological polar surface area (TPSA) is 56.0 Å². The zero-order valence-corrected chi connectivity index (χ0v) is 14.1. The van der Waals surface area contributed by atoms with Gasteiger partial charge < -0.3 is 9.80 Å². The molecule has 2 aliphatic heterocycles. The number of rotatable bonds is 3. The van der Waals surface area contributed by atoms with Crippen LogP contribution >= 0.6 is 0 Å². The number of nitrogens with two attached hydrogens (primary N) is 1. The second-order valence-electron chi connectivity index (χ2n) is 7.38. The molecule has 1 aliphatic carbocycles. The first-order valence-electron chi connectivity index (χ1n) is 8.73. The Bertz CT molecular complexity index is 380. The fraction of sp³-hybridized carbons (Fsp3) is 0.938. The van der Waals surface area contributed by atoms with Crippen LogP contribution in [0.25, 0.3) is 0 Å². The Morgan fingerprint density at radius 1 is 1.05 bits per heavy atom. The van der Waals surface area contributed by atoms with Crippen LogP contribution < -0.4 is 5.84 Å². The van der Waals surface area contributed by atoms with Crippen LogP contribution in [0.4, 0.5) is 0 Å². The van der Waals surface area contributed by atoms with Crippen LogP contribution in [-0.4, -0.2) is 91.1 Å². The van der Waals surface area contributed by atoms with Gasteiger partial charge in [0, 0.05) is 51.2 Å². The molecule has 2 saturated heterocycles. The van der Waals surface area contributed by atoms with Crippen molar-refractivity contribution in [1.29, 1.82) is 0 Å². The number of hydrogen-bond acceptors (Lipinski definition) is 5. The monoisotopic (exact) mass is 309 g/mol. The van der Waals surface area contributed by atoms with Crippen molar-refractivity contribution in [2.24, 2.45) is 11.8 Å². The van der Waals surface area contributed by atoms with E-state index in [0.717, 1.165) is 45.1 Å². The molecule has 1 amide bonds. The van der Waals surface area contributed by atoms with Crippen molar-refractivity contribution >= 4 is 5.91 Å². The average molecular weight is 309 g/mol. The Morgan fingerprint density at radius 2 is 1.64 bits per heavy atom. The summed E-state index contributed by atoms with van der Waals surface area (Å²) in [4.78, 5) is 19.6. The van der Waals surface area contributed by atoms with E-state index in [0.29, 0.717) is 11.9 Å². The minimum Gasteiger partial charge on any atom is -0.340 e. The molecule has 0 spiro atoms. The van der Waals surface area contributed by atoms with Crippen molar-refractivity contribution in [2.45, 2.75) is 37.8 Å². The molecule has 3 aliphatic rings. The largest absolute Gasteiger partial charge is 0.340 e. The number of hydrazine groups is 1. The first kappa shape index (κ1) is 16.2. The van der Waals surface area contributed by atoms with Crippen LogP contribution in [0.15, 0.2) is 0 Å². The molecule has 0 atom stereocenters. The number of likely N-dealkylation sites (tertiary alicyclic amines) is 1. The molecule has 3 rings (SSSR count). The molecule has 0 bridgehead atoms. The first-order valence-corrected chi connectivity index (χ1v) is 8.73. The van der Waals surface area contributed by atoms with Crippen molar-refractivity contribution in [3.05, 3.63) is 0 Å². The zero-order valence-electron chi connectivity index (χ0n) is 14.1. The molecule has 2 N–H and O–H groups in total. The molecule has 126 valence electrons. The molecule has 0 aromatic heterocycles. The molecule has 0 aromatic rings. The van der Waals surface area contributed by atoms with Gasteiger partial charge in [-0.3, -0.25) is 15.5 Å². The number of carbonyl (C=O) groups is 1. The van der Waals surface area contributed by atoms with Crippen LogP contribution in [0.5, 0.6) is 0 Å². The van der Waals surface area contributed by atoms with Gasteiger partial charge in [0.2, 0.25) is 5.91 Å². The first-order chi connectivity index (χ1) is 10.5. The van der Waals surface area contributed by atoms with E-state index in [1.165, 1.54) is 25.9 Å². The van der Waals surface area contributed by atoms with E-state index in [4.69, 9.17) is 5.84 Å². The lowest BCUT2D eigenvalue weighted by Crippen LogP contribution is -2.57. The van der Waals surface area contributed by atoms with Crippen LogP contribution in [0.1, 0.15) is 25.7 Å². The Labute approximate surface area is 134 Å². The standard InChI is InChI=1S/C16H31N5O/c1-18-5-3-14(4-6-18)20-7-9-21(10-8-20)16(22)13-11-15(12-13)19(2)17/h13-15H,3-12,17H2,1-2H3/t13-,15+. The maximum absolute atomic E-state index is 12.5. The molecular formula is C16H31N5O. The van der Waals surface area contributed by atoms with Gasteiger partial charge in [-0.1, -0.05) is 0 Å². The van der Waals surface area contributed by atoms with Gasteiger partial charge in [0.15, 0.2) is 0 Å². The third-order valence-electron chi connectivity index (χ3n) is 5.87. The third-order valence-corrected chi connectivity index (χ3v) is 5.87. The van der Waals surface area contributed by atoms with E-state index >= 15 is 0 Å². The predicted molar refractivity (Wildman–Crippen MR) is 87.1 cm³/mol. The van der Waals surface area contributed by atoms with Gasteiger partial charge in [0.25, 0.3) is 0 Å². The molecule has 0 aromatic carbocycles. The molecular weight excluding hydrogens is 278 g/mol. The Kier molecular flexibility index (Phi) is 5.02. The lowest BCUT2D eigenvalue weighted by atomic mass is 9.79. The lowest BCUT2D eigenvalue weighted by Gasteiger charge is -2.45. The zero-order chi connectivity index (χ0) is 15.7. The number of nitrogens with zero attached hydrogens (tertiary/aromatic N) is 4. The van der Waals surface area contributed by atoms with E-state index in [1.807, 2.05) is 7.05 Å². The van der Waals surface area contributed by atoms with Crippen molar-refractivity contribution < 1.29 is 4.79 Å². The second-order valence-corrected chi connectivity index (χ2v) is 7.38. The number of piperazine rings is 1. The second kappa shape index (κ2) is 6.83. The predicted octanol–water partition coefficient (Wildman–Crippen LogP) is -0.191. The summed E-state index contributed by atoms with van der Waals surface area (Å²) >= 11 is 0. The highest BCUT2D eigenvalue weighted by molar-refractivity contribution is 5.80. The summed E-state index contributed by atoms with van der Waals surface area (Å²) in [6.07, 6.45) is 4.41. The summed E-state index contributed by atoms with van der Waals surface area (Å²) in [5.74, 6) is 6.32. The highest BCUT2D eigenvalue weighted by Gasteiger charge is 2.39. The van der Waals surface area contributed by atoms with Crippen LogP contribution in [0.2, 0.25) is 0 Å². The van der Waals surface area contributed by atoms with Gasteiger partial charge in [-0.05, 0) is 45.8 Å². The number of hydrogen-bond donors (Lipinski definition) is 1. The van der Waals surface area contributed by atoms with Crippen molar-refractivity contribution in [2.75, 3.05) is 53.4 Å².